The van der Waals surface area contributed by atoms with E-state index in [1.807, 2.05) is 116 Å². The smallest absolute Gasteiger partial charge is 0.361 e. The number of H-pyrrole nitrogens is 9. The molecule has 19 aromatic rings. The molecule has 1 atom stereocenters. The minimum atomic E-state index is -0.643. The molecule has 118 heavy (non-hydrogen) atoms. The third kappa shape index (κ3) is 18.1. The van der Waals surface area contributed by atoms with Crippen molar-refractivity contribution in [2.45, 2.75) is 12.3 Å². The van der Waals surface area contributed by atoms with E-state index in [-0.39, 0.29) is 17.5 Å². The average molecular weight is 1670 g/mol. The molecule has 1 fully saturated rings. The molecule has 42 heteroatoms. The van der Waals surface area contributed by atoms with Crippen LogP contribution in [0.4, 0.5) is 0 Å². The predicted molar refractivity (Wildman–Crippen MR) is 432 cm³/mol. The minimum Gasteiger partial charge on any atom is -0.361 e. The van der Waals surface area contributed by atoms with Gasteiger partial charge in [-0.3, -0.25) is 28.5 Å². The van der Waals surface area contributed by atoms with Gasteiger partial charge in [-0.1, -0.05) is 122 Å². The quantitative estimate of drug-likeness (QED) is 0.0456. The van der Waals surface area contributed by atoms with Gasteiger partial charge in [-0.2, -0.15) is 10.4 Å². The van der Waals surface area contributed by atoms with Gasteiger partial charge in [0.25, 0.3) is 0 Å². The summed E-state index contributed by atoms with van der Waals surface area (Å²) in [6, 6.07) is 45.1. The Bertz CT molecular complexity index is 6460. The molecule has 1 aliphatic rings. The fourth-order valence-electron chi connectivity index (χ4n) is 12.0. The van der Waals surface area contributed by atoms with Crippen LogP contribution in [0.5, 0.6) is 0 Å². The van der Waals surface area contributed by atoms with Crippen molar-refractivity contribution >= 4 is 58.0 Å². The highest BCUT2D eigenvalue weighted by Crippen LogP contribution is 2.37. The second-order valence-electron chi connectivity index (χ2n) is 25.0. The third-order valence-corrected chi connectivity index (χ3v) is 19.2. The van der Waals surface area contributed by atoms with Crippen molar-refractivity contribution < 1.29 is 13.6 Å². The van der Waals surface area contributed by atoms with Gasteiger partial charge in [0.05, 0.1) is 48.6 Å². The normalized spacial score (nSPS) is 12.2. The van der Waals surface area contributed by atoms with Crippen LogP contribution in [-0.4, -0.2) is 165 Å². The molecule has 0 radical (unpaired) electrons. The monoisotopic (exact) mass is 1670 g/mol. The van der Waals surface area contributed by atoms with E-state index in [2.05, 4.69) is 176 Å². The van der Waals surface area contributed by atoms with E-state index in [0.717, 1.165) is 103 Å². The SMILES string of the molecule is Clc1cc(-c2cc(-c3nn[nH]n3)ncn2)ccc1-c1ccc[nH]1.Clc1cc(-c2cc(-c3nn[nH]n3)ncn2)ccc1-c1ncc[nH]1.O=c1[nH]c(-c2cc(-c3ccc(-c4ccc[nH]4)c(Cl)c3)ncn2)no1.O=c1[nH]c(-c2cc(-c3ccc(-c4ncc[nH]4)c(Cl)c3)ncn2)no1.O=c1[nH]c(-c2cc(-c3ccc(C4CCNC4)c(Cl)c3)ncn2)no1. The van der Waals surface area contributed by atoms with Crippen molar-refractivity contribution in [3.05, 3.63) is 277 Å². The molecule has 15 heterocycles. The molecule has 20 rings (SSSR count). The van der Waals surface area contributed by atoms with Crippen molar-refractivity contribution in [3.8, 4) is 159 Å². The second kappa shape index (κ2) is 35.5. The van der Waals surface area contributed by atoms with Gasteiger partial charge in [0.15, 0.2) is 0 Å². The maximum atomic E-state index is 11.1. The van der Waals surface area contributed by atoms with Crippen molar-refractivity contribution in [1.82, 2.24) is 157 Å². The molecule has 14 aromatic heterocycles. The number of tetrazole rings is 2. The fraction of sp³-hybridized carbons (Fsp3) is 0.0526. The van der Waals surface area contributed by atoms with E-state index in [9.17, 15) is 14.4 Å². The molecule has 0 amide bonds. The van der Waals surface area contributed by atoms with Crippen LogP contribution in [0.2, 0.25) is 25.1 Å². The lowest BCUT2D eigenvalue weighted by molar-refractivity contribution is 0.387. The van der Waals surface area contributed by atoms with E-state index in [1.54, 1.807) is 61.2 Å². The van der Waals surface area contributed by atoms with Crippen molar-refractivity contribution in [2.24, 2.45) is 0 Å². The summed E-state index contributed by atoms with van der Waals surface area (Å²) in [6.45, 7) is 1.98. The van der Waals surface area contributed by atoms with Gasteiger partial charge in [-0.15, -0.1) is 20.4 Å². The molecule has 0 spiro atoms. The molecular weight excluding hydrogens is 1620 g/mol. The Morgan fingerprint density at radius 1 is 0.339 bits per heavy atom. The third-order valence-electron chi connectivity index (χ3n) is 17.7. The van der Waals surface area contributed by atoms with E-state index in [4.69, 9.17) is 58.0 Å². The fourth-order valence-corrected chi connectivity index (χ4v) is 13.5. The summed E-state index contributed by atoms with van der Waals surface area (Å²) >= 11 is 32.0. The van der Waals surface area contributed by atoms with Crippen LogP contribution >= 0.6 is 58.0 Å². The van der Waals surface area contributed by atoms with Crippen LogP contribution in [0.1, 0.15) is 17.9 Å². The highest BCUT2D eigenvalue weighted by atomic mass is 35.5. The topological polar surface area (TPSA) is 515 Å². The number of nitrogens with zero attached hydrogens (tertiary/aromatic N) is 21. The first-order chi connectivity index (χ1) is 57.7. The van der Waals surface area contributed by atoms with Gasteiger partial charge < -0.3 is 25.3 Å². The van der Waals surface area contributed by atoms with E-state index in [0.29, 0.717) is 94.7 Å². The highest BCUT2D eigenvalue weighted by molar-refractivity contribution is 6.35. The van der Waals surface area contributed by atoms with Crippen molar-refractivity contribution in [1.29, 1.82) is 0 Å². The number of rotatable bonds is 15. The molecule has 1 aliphatic heterocycles. The Labute approximate surface area is 685 Å². The van der Waals surface area contributed by atoms with E-state index in [1.165, 1.54) is 31.6 Å². The Hall–Kier alpha value is -15.2. The molecule has 0 bridgehead atoms. The zero-order valence-electron chi connectivity index (χ0n) is 60.1. The van der Waals surface area contributed by atoms with Gasteiger partial charge in [0, 0.05) is 110 Å². The Morgan fingerprint density at radius 2 is 0.686 bits per heavy atom. The standard InChI is InChI=1S/C16H14ClN5O2.C16H10ClN5O2.C15H10ClN7.C15H9ClN6O2.C14H9ClN8/c17-12-5-9(1-2-11(12)10-3-4-18-7-10)13-6-14(20-8-19-13)15-21-16(23)24-22-15;17-11-6-9(3-4-10(11)12-2-1-5-18-12)13-7-14(20-8-19-13)15-21-16(23)24-22-15;16-11-6-9(3-4-10(11)12-2-1-5-17-12)13-7-14(19-8-18-13)15-20-22-23-21-15;16-10-5-8(1-2-9(10)13-17-3-4-18-13)11-6-12(20-7-19-11)14-21-15(23)24-22-14;15-10-5-8(1-2-9(10)13-16-3-4-17-13)11-6-12(19-7-18-11)14-20-22-23-21-14/h1-2,5-6,8,10,18H,3-4,7H2,(H,21,22,23);1-8,18H,(H,21,22,23);1-8,17H,(H,20,21,22,23);1-7H,(H,17,18)(H,21,22,23);1-7H,(H,16,17)(H,20,21,22,23). The molecule has 0 saturated carbocycles. The summed E-state index contributed by atoms with van der Waals surface area (Å²) in [6.07, 6.45) is 18.7. The molecular formula is C76H52Cl5N31O6. The molecule has 582 valence electrons. The average Bonchev–Trinajstić information content (AvgIpc) is 1.31. The van der Waals surface area contributed by atoms with Gasteiger partial charge in [0.1, 0.15) is 71.8 Å². The Kier molecular flexibility index (Phi) is 23.1. The zero-order chi connectivity index (χ0) is 80.9. The lowest BCUT2D eigenvalue weighted by Crippen LogP contribution is -2.08. The van der Waals surface area contributed by atoms with E-state index < -0.39 is 17.3 Å². The van der Waals surface area contributed by atoms with Crippen molar-refractivity contribution in [3.63, 3.8) is 0 Å². The van der Waals surface area contributed by atoms with Gasteiger partial charge >= 0.3 is 17.3 Å². The molecule has 1 saturated heterocycles. The molecule has 37 nitrogen and oxygen atoms in total. The van der Waals surface area contributed by atoms with Crippen molar-refractivity contribution in [2.75, 3.05) is 13.1 Å². The summed E-state index contributed by atoms with van der Waals surface area (Å²) in [5, 5.41) is 44.8. The zero-order valence-corrected chi connectivity index (χ0v) is 63.9. The first-order valence-corrected chi connectivity index (χ1v) is 36.9. The van der Waals surface area contributed by atoms with Gasteiger partial charge in [0.2, 0.25) is 29.1 Å². The molecule has 1 unspecified atom stereocenters. The number of halogens is 5. The molecule has 0 aliphatic carbocycles. The number of aromatic amines is 9. The van der Waals surface area contributed by atoms with Gasteiger partial charge in [-0.05, 0) is 132 Å². The highest BCUT2D eigenvalue weighted by Gasteiger charge is 2.22. The van der Waals surface area contributed by atoms with Crippen LogP contribution in [0.3, 0.4) is 0 Å². The number of aromatic nitrogens is 30. The lowest BCUT2D eigenvalue weighted by atomic mass is 9.96. The second-order valence-corrected chi connectivity index (χ2v) is 27.0. The van der Waals surface area contributed by atoms with Crippen LogP contribution in [0.25, 0.3) is 159 Å². The number of imidazole rings is 2. The summed E-state index contributed by atoms with van der Waals surface area (Å²) in [4.78, 5) is 103. The maximum absolute atomic E-state index is 11.1. The largest absolute Gasteiger partial charge is 0.439 e. The number of hydrogen-bond donors (Lipinski definition) is 10. The summed E-state index contributed by atoms with van der Waals surface area (Å²) in [7, 11) is 0. The first-order valence-electron chi connectivity index (χ1n) is 35.0. The van der Waals surface area contributed by atoms with Crippen LogP contribution in [-0.2, 0) is 0 Å². The molecule has 10 N–H and O–H groups in total. The Morgan fingerprint density at radius 3 is 0.983 bits per heavy atom. The summed E-state index contributed by atoms with van der Waals surface area (Å²) < 4.78 is 13.5. The first kappa shape index (κ1) is 76.8. The predicted octanol–water partition coefficient (Wildman–Crippen LogP) is 13.2. The molecule has 5 aromatic carbocycles. The Balaban J connectivity index is 0.000000110. The van der Waals surface area contributed by atoms with E-state index >= 15 is 0 Å². The maximum Gasteiger partial charge on any atom is 0.439 e. The number of nitrogens with one attached hydrogen (secondary N) is 10. The summed E-state index contributed by atoms with van der Waals surface area (Å²) in [5.74, 6) is 1.54. The van der Waals surface area contributed by atoms with Gasteiger partial charge in [-0.25, -0.2) is 74.2 Å². The summed E-state index contributed by atoms with van der Waals surface area (Å²) in [5.41, 5.74) is 16.7. The van der Waals surface area contributed by atoms with Crippen LogP contribution in [0.15, 0.2) is 242 Å². The number of hydrogen-bond acceptors (Lipinski definition) is 28. The minimum absolute atomic E-state index is 0.238. The number of benzene rings is 5. The van der Waals surface area contributed by atoms with Crippen LogP contribution in [0, 0.1) is 0 Å². The van der Waals surface area contributed by atoms with Crippen LogP contribution < -0.4 is 22.6 Å². The lowest BCUT2D eigenvalue weighted by Gasteiger charge is -2.12.